The molecule has 0 spiro atoms. The first-order valence-electron chi connectivity index (χ1n) is 10.9. The van der Waals surface area contributed by atoms with E-state index in [9.17, 15) is 19.5 Å². The summed E-state index contributed by atoms with van der Waals surface area (Å²) >= 11 is 2.45. The molecule has 0 radical (unpaired) electrons. The van der Waals surface area contributed by atoms with Crippen molar-refractivity contribution in [1.29, 1.82) is 0 Å². The number of carbonyl (C=O) groups excluding carboxylic acids is 3. The molecule has 3 aliphatic rings. The number of aliphatic carboxylic acids is 1. The number of carboxylic acids is 1. The average molecular weight is 515 g/mol. The minimum atomic E-state index is -1.40. The number of anilines is 1. The monoisotopic (exact) mass is 514 g/mol. The number of carboxylic acid groups (broad SMARTS) is 1. The molecule has 2 amide bonds. The number of aryl methyl sites for hydroxylation is 1. The Labute approximate surface area is 208 Å². The van der Waals surface area contributed by atoms with Crippen LogP contribution in [0.15, 0.2) is 41.0 Å². The van der Waals surface area contributed by atoms with Crippen LogP contribution in [-0.4, -0.2) is 57.7 Å². The van der Waals surface area contributed by atoms with E-state index in [1.165, 1.54) is 41.2 Å². The highest BCUT2D eigenvalue weighted by Gasteiger charge is 2.53. The highest BCUT2D eigenvalue weighted by molar-refractivity contribution is 8.00. The zero-order valence-corrected chi connectivity index (χ0v) is 20.4. The number of rotatable bonds is 7. The number of hydrogen-bond donors (Lipinski definition) is 2. The van der Waals surface area contributed by atoms with Crippen molar-refractivity contribution in [2.75, 3.05) is 18.6 Å². The Kier molecular flexibility index (Phi) is 6.19. The van der Waals surface area contributed by atoms with E-state index in [0.717, 1.165) is 30.6 Å². The fourth-order valence-corrected chi connectivity index (χ4v) is 6.65. The molecule has 13 heteroatoms. The predicted octanol–water partition coefficient (Wildman–Crippen LogP) is -1.04. The zero-order valence-electron chi connectivity index (χ0n) is 18.7. The number of nitrogens with one attached hydrogen (secondary N) is 1. The molecule has 0 saturated carbocycles. The molecule has 35 heavy (non-hydrogen) atoms. The second kappa shape index (κ2) is 9.30. The van der Waals surface area contributed by atoms with Crippen molar-refractivity contribution in [3.63, 3.8) is 0 Å². The summed E-state index contributed by atoms with van der Waals surface area (Å²) in [6, 6.07) is 3.13. The Morgan fingerprint density at radius 2 is 2.26 bits per heavy atom. The molecule has 0 bridgehead atoms. The van der Waals surface area contributed by atoms with Gasteiger partial charge < -0.3 is 25.8 Å². The average Bonchev–Trinajstić information content (AvgIpc) is 3.49. The molecule has 4 heterocycles. The van der Waals surface area contributed by atoms with Crippen molar-refractivity contribution in [3.05, 3.63) is 51.9 Å². The number of fused-ring (bicyclic) bond motifs is 2. The van der Waals surface area contributed by atoms with Crippen LogP contribution in [0.25, 0.3) is 0 Å². The smallest absolute Gasteiger partial charge is 0.275 e. The van der Waals surface area contributed by atoms with Crippen molar-refractivity contribution in [2.24, 2.45) is 5.16 Å². The molecule has 2 aromatic heterocycles. The van der Waals surface area contributed by atoms with Gasteiger partial charge in [-0.1, -0.05) is 16.5 Å². The van der Waals surface area contributed by atoms with Gasteiger partial charge >= 0.3 is 0 Å². The lowest BCUT2D eigenvalue weighted by atomic mass is 10.0. The van der Waals surface area contributed by atoms with Gasteiger partial charge in [-0.3, -0.25) is 14.5 Å². The predicted molar refractivity (Wildman–Crippen MR) is 126 cm³/mol. The van der Waals surface area contributed by atoms with Gasteiger partial charge in [0.1, 0.15) is 18.5 Å². The summed E-state index contributed by atoms with van der Waals surface area (Å²) in [7, 11) is 1.30. The summed E-state index contributed by atoms with van der Waals surface area (Å²) in [5, 5.41) is 18.2. The minimum absolute atomic E-state index is 0.0700. The maximum atomic E-state index is 13.0. The van der Waals surface area contributed by atoms with Crippen LogP contribution < -0.4 is 20.7 Å². The van der Waals surface area contributed by atoms with Gasteiger partial charge in [0.05, 0.1) is 16.5 Å². The van der Waals surface area contributed by atoms with Crippen molar-refractivity contribution in [3.8, 4) is 0 Å². The number of thiazole rings is 1. The van der Waals surface area contributed by atoms with Crippen LogP contribution >= 0.6 is 23.1 Å². The Morgan fingerprint density at radius 1 is 1.43 bits per heavy atom. The molecule has 1 fully saturated rings. The SMILES string of the molecule is CON=C(C(=O)NC1C(=O)N2C(C(=O)[O-])=C(C[n+]3cccc4c3CCC4)CSC12)c1cnc(N)s1. The quantitative estimate of drug-likeness (QED) is 0.206. The summed E-state index contributed by atoms with van der Waals surface area (Å²) in [5.41, 5.74) is 8.53. The molecule has 5 rings (SSSR count). The highest BCUT2D eigenvalue weighted by atomic mass is 32.2. The molecular formula is C22H22N6O5S2. The van der Waals surface area contributed by atoms with Gasteiger partial charge in [0, 0.05) is 35.6 Å². The van der Waals surface area contributed by atoms with Gasteiger partial charge in [-0.15, -0.1) is 11.8 Å². The third-order valence-corrected chi connectivity index (χ3v) is 8.36. The number of carbonyl (C=O) groups is 3. The van der Waals surface area contributed by atoms with E-state index in [1.807, 2.05) is 12.3 Å². The van der Waals surface area contributed by atoms with Gasteiger partial charge in [-0.25, -0.2) is 4.98 Å². The lowest BCUT2D eigenvalue weighted by molar-refractivity contribution is -0.696. The number of oxime groups is 1. The number of nitrogen functional groups attached to an aromatic ring is 1. The summed E-state index contributed by atoms with van der Waals surface area (Å²) in [6.07, 6.45) is 6.34. The number of pyridine rings is 1. The van der Waals surface area contributed by atoms with Gasteiger partial charge in [-0.2, -0.15) is 4.57 Å². The highest BCUT2D eigenvalue weighted by Crippen LogP contribution is 2.40. The van der Waals surface area contributed by atoms with E-state index in [-0.39, 0.29) is 16.5 Å². The Morgan fingerprint density at radius 3 is 2.97 bits per heavy atom. The first-order chi connectivity index (χ1) is 16.9. The van der Waals surface area contributed by atoms with Gasteiger partial charge in [0.25, 0.3) is 11.8 Å². The molecule has 182 valence electrons. The van der Waals surface area contributed by atoms with Gasteiger partial charge in [-0.05, 0) is 18.9 Å². The number of β-lactam (4-membered cyclic amide) rings is 1. The van der Waals surface area contributed by atoms with Crippen LogP contribution in [0.3, 0.4) is 0 Å². The van der Waals surface area contributed by atoms with E-state index in [4.69, 9.17) is 10.6 Å². The Bertz CT molecular complexity index is 1290. The summed E-state index contributed by atoms with van der Waals surface area (Å²) in [6.45, 7) is 0.366. The summed E-state index contributed by atoms with van der Waals surface area (Å²) in [4.78, 5) is 48.3. The van der Waals surface area contributed by atoms with E-state index < -0.39 is 29.2 Å². The number of aromatic nitrogens is 2. The Hall–Kier alpha value is -3.45. The standard InChI is InChI=1S/C22H22N6O5S2/c1-33-26-15(14-8-24-22(23)35-14)18(29)25-16-19(30)28-17(21(31)32)12(10-34-20(16)28)9-27-7-3-5-11-4-2-6-13(11)27/h3,5,7-8,16,20H,2,4,6,9-10H2,1H3,(H3-,23,24,25,26,29,31,32). The first kappa shape index (κ1) is 23.3. The molecule has 0 aromatic carbocycles. The van der Waals surface area contributed by atoms with Gasteiger partial charge in [0.15, 0.2) is 29.3 Å². The molecule has 1 saturated heterocycles. The topological polar surface area (TPSA) is 154 Å². The number of amides is 2. The van der Waals surface area contributed by atoms with Crippen LogP contribution in [0.2, 0.25) is 0 Å². The third kappa shape index (κ3) is 4.14. The van der Waals surface area contributed by atoms with Crippen LogP contribution in [0.5, 0.6) is 0 Å². The number of hydrogen-bond acceptors (Lipinski definition) is 10. The molecule has 2 atom stereocenters. The lowest BCUT2D eigenvalue weighted by Crippen LogP contribution is -2.71. The van der Waals surface area contributed by atoms with Crippen LogP contribution in [-0.2, 0) is 38.6 Å². The van der Waals surface area contributed by atoms with Crippen molar-refractivity contribution in [2.45, 2.75) is 37.2 Å². The first-order valence-corrected chi connectivity index (χ1v) is 12.8. The number of nitrogens with two attached hydrogens (primary N) is 1. The largest absolute Gasteiger partial charge is 0.543 e. The normalized spacial score (nSPS) is 21.3. The van der Waals surface area contributed by atoms with Crippen LogP contribution in [0, 0.1) is 0 Å². The molecule has 2 aliphatic heterocycles. The second-order valence-corrected chi connectivity index (χ2v) is 10.4. The van der Waals surface area contributed by atoms with E-state index >= 15 is 0 Å². The number of thioether (sulfide) groups is 1. The van der Waals surface area contributed by atoms with Crippen molar-refractivity contribution >= 4 is 51.7 Å². The van der Waals surface area contributed by atoms with E-state index in [1.54, 1.807) is 0 Å². The lowest BCUT2D eigenvalue weighted by Gasteiger charge is -2.50. The van der Waals surface area contributed by atoms with Crippen LogP contribution in [0.1, 0.15) is 22.6 Å². The van der Waals surface area contributed by atoms with E-state index in [2.05, 4.69) is 26.1 Å². The molecular weight excluding hydrogens is 492 g/mol. The minimum Gasteiger partial charge on any atom is -0.543 e. The Balaban J connectivity index is 1.36. The molecule has 1 aliphatic carbocycles. The van der Waals surface area contributed by atoms with Crippen molar-refractivity contribution in [1.82, 2.24) is 15.2 Å². The van der Waals surface area contributed by atoms with E-state index in [0.29, 0.717) is 22.7 Å². The zero-order chi connectivity index (χ0) is 24.7. The maximum Gasteiger partial charge on any atom is 0.275 e. The third-order valence-electron chi connectivity index (χ3n) is 6.18. The fraction of sp³-hybridized carbons (Fsp3) is 0.364. The maximum absolute atomic E-state index is 13.0. The van der Waals surface area contributed by atoms with Crippen LogP contribution in [0.4, 0.5) is 5.13 Å². The second-order valence-electron chi connectivity index (χ2n) is 8.25. The summed E-state index contributed by atoms with van der Waals surface area (Å²) < 4.78 is 2.05. The fourth-order valence-electron chi connectivity index (χ4n) is 4.66. The van der Waals surface area contributed by atoms with Crippen molar-refractivity contribution < 1.29 is 28.9 Å². The molecule has 2 aromatic rings. The summed E-state index contributed by atoms with van der Waals surface area (Å²) in [5.74, 6) is -2.17. The molecule has 2 unspecified atom stereocenters. The molecule has 11 nitrogen and oxygen atoms in total. The van der Waals surface area contributed by atoms with Gasteiger partial charge in [0.2, 0.25) is 0 Å². The number of nitrogens with zero attached hydrogens (tertiary/aromatic N) is 4. The molecule has 3 N–H and O–H groups in total.